The molecule has 0 aliphatic carbocycles. The monoisotopic (exact) mass is 482 g/mol. The van der Waals surface area contributed by atoms with E-state index in [-0.39, 0.29) is 10.8 Å². The van der Waals surface area contributed by atoms with Crippen molar-refractivity contribution in [3.63, 3.8) is 0 Å². The minimum atomic E-state index is -3.75. The number of amides is 1. The molecule has 1 aromatic carbocycles. The van der Waals surface area contributed by atoms with Crippen molar-refractivity contribution in [1.29, 1.82) is 0 Å². The number of thiophene rings is 1. The van der Waals surface area contributed by atoms with Crippen LogP contribution in [0.25, 0.3) is 0 Å². The Morgan fingerprint density at radius 3 is 2.42 bits per heavy atom. The van der Waals surface area contributed by atoms with Crippen molar-refractivity contribution >= 4 is 27.3 Å². The van der Waals surface area contributed by atoms with Crippen LogP contribution in [0.3, 0.4) is 0 Å². The van der Waals surface area contributed by atoms with Crippen molar-refractivity contribution in [3.8, 4) is 0 Å². The van der Waals surface area contributed by atoms with Gasteiger partial charge >= 0.3 is 0 Å². The molecule has 5 rings (SSSR count). The number of sulfonamides is 1. The Bertz CT molecular complexity index is 1240. The lowest BCUT2D eigenvalue weighted by Crippen LogP contribution is -2.48. The Labute approximate surface area is 198 Å². The van der Waals surface area contributed by atoms with Crippen molar-refractivity contribution in [2.24, 2.45) is 0 Å². The molecule has 0 N–H and O–H groups in total. The number of rotatable bonds is 5. The van der Waals surface area contributed by atoms with Gasteiger partial charge in [0.25, 0.3) is 5.91 Å². The van der Waals surface area contributed by atoms with Crippen LogP contribution in [0.15, 0.2) is 65.1 Å². The molecule has 1 amide bonds. The minimum Gasteiger partial charge on any atom is -0.335 e. The molecule has 0 radical (unpaired) electrons. The maximum Gasteiger partial charge on any atom is 0.265 e. The van der Waals surface area contributed by atoms with E-state index >= 15 is 0 Å². The normalized spacial score (nSPS) is 17.6. The fraction of sp³-hybridized carbons (Fsp3) is 0.333. The second-order valence-corrected chi connectivity index (χ2v) is 11.2. The highest BCUT2D eigenvalue weighted by Crippen LogP contribution is 2.30. The Morgan fingerprint density at radius 1 is 0.939 bits per heavy atom. The van der Waals surface area contributed by atoms with Crippen LogP contribution in [0, 0.1) is 0 Å². The number of benzene rings is 1. The predicted octanol–water partition coefficient (Wildman–Crippen LogP) is 2.85. The quantitative estimate of drug-likeness (QED) is 0.559. The van der Waals surface area contributed by atoms with Gasteiger partial charge in [-0.1, -0.05) is 24.3 Å². The van der Waals surface area contributed by atoms with Crippen LogP contribution in [0.1, 0.15) is 26.4 Å². The third-order valence-corrected chi connectivity index (χ3v) is 9.27. The number of hydrogen-bond donors (Lipinski definition) is 0. The Kier molecular flexibility index (Phi) is 6.29. The van der Waals surface area contributed by atoms with Gasteiger partial charge in [0.15, 0.2) is 0 Å². The topological polar surface area (TPSA) is 73.8 Å². The van der Waals surface area contributed by atoms with Crippen LogP contribution < -0.4 is 0 Å². The van der Waals surface area contributed by atoms with Gasteiger partial charge in [-0.05, 0) is 46.7 Å². The zero-order chi connectivity index (χ0) is 22.8. The van der Waals surface area contributed by atoms with Crippen LogP contribution in [0.4, 0.5) is 0 Å². The number of nitrogens with zero attached hydrogens (tertiary/aromatic N) is 4. The highest BCUT2D eigenvalue weighted by atomic mass is 32.2. The molecule has 0 spiro atoms. The molecule has 3 aromatic rings. The number of carbonyl (C=O) groups is 1. The highest BCUT2D eigenvalue weighted by molar-refractivity contribution is 7.89. The van der Waals surface area contributed by atoms with Gasteiger partial charge in [-0.3, -0.25) is 14.7 Å². The first-order valence-corrected chi connectivity index (χ1v) is 13.4. The average molecular weight is 483 g/mol. The van der Waals surface area contributed by atoms with Gasteiger partial charge in [0.05, 0.1) is 0 Å². The maximum atomic E-state index is 13.5. The van der Waals surface area contributed by atoms with Gasteiger partial charge in [-0.2, -0.15) is 4.31 Å². The molecule has 0 unspecified atom stereocenters. The molecule has 7 nitrogen and oxygen atoms in total. The SMILES string of the molecule is O=C(c1sccc1S(=O)(=O)N1CCc2ccccc2C1)N1CCN(Cc2ccncc2)CC1. The molecule has 2 aliphatic heterocycles. The summed E-state index contributed by atoms with van der Waals surface area (Å²) in [7, 11) is -3.75. The lowest BCUT2D eigenvalue weighted by atomic mass is 10.0. The molecule has 2 aromatic heterocycles. The Hall–Kier alpha value is -2.59. The van der Waals surface area contributed by atoms with Crippen molar-refractivity contribution < 1.29 is 13.2 Å². The summed E-state index contributed by atoms with van der Waals surface area (Å²) in [4.78, 5) is 21.9. The van der Waals surface area contributed by atoms with Crippen molar-refractivity contribution in [1.82, 2.24) is 19.1 Å². The van der Waals surface area contributed by atoms with Crippen LogP contribution in [-0.4, -0.2) is 66.1 Å². The molecule has 172 valence electrons. The van der Waals surface area contributed by atoms with Gasteiger partial charge in [0.1, 0.15) is 9.77 Å². The number of pyridine rings is 1. The third-order valence-electron chi connectivity index (χ3n) is 6.35. The third kappa shape index (κ3) is 4.59. The lowest BCUT2D eigenvalue weighted by Gasteiger charge is -2.35. The summed E-state index contributed by atoms with van der Waals surface area (Å²) in [6, 6.07) is 13.5. The van der Waals surface area contributed by atoms with E-state index in [9.17, 15) is 13.2 Å². The highest BCUT2D eigenvalue weighted by Gasteiger charge is 2.34. The number of aromatic nitrogens is 1. The van der Waals surface area contributed by atoms with Gasteiger partial charge in [-0.25, -0.2) is 8.42 Å². The molecule has 2 aliphatic rings. The first-order valence-electron chi connectivity index (χ1n) is 11.1. The molecular formula is C24H26N4O3S2. The van der Waals surface area contributed by atoms with E-state index in [0.717, 1.165) is 25.2 Å². The van der Waals surface area contributed by atoms with E-state index in [1.165, 1.54) is 26.8 Å². The summed E-state index contributed by atoms with van der Waals surface area (Å²) in [5.41, 5.74) is 3.41. The van der Waals surface area contributed by atoms with Crippen LogP contribution in [0.5, 0.6) is 0 Å². The standard InChI is InChI=1S/C24H26N4O3S2/c29-24(27-14-12-26(13-15-27)17-19-5-9-25-10-6-19)23-22(8-16-32-23)33(30,31)28-11-7-20-3-1-2-4-21(20)18-28/h1-6,8-10,16H,7,11-15,17-18H2. The molecule has 0 bridgehead atoms. The molecule has 33 heavy (non-hydrogen) atoms. The molecule has 4 heterocycles. The molecule has 9 heteroatoms. The summed E-state index contributed by atoms with van der Waals surface area (Å²) < 4.78 is 28.4. The molecular weight excluding hydrogens is 456 g/mol. The molecule has 1 fully saturated rings. The minimum absolute atomic E-state index is 0.135. The summed E-state index contributed by atoms with van der Waals surface area (Å²) in [6.45, 7) is 4.26. The van der Waals surface area contributed by atoms with Crippen molar-refractivity contribution in [2.45, 2.75) is 24.4 Å². The second-order valence-electron chi connectivity index (χ2n) is 8.40. The number of piperazine rings is 1. The van der Waals surface area contributed by atoms with E-state index in [1.54, 1.807) is 28.7 Å². The fourth-order valence-corrected chi connectivity index (χ4v) is 7.25. The van der Waals surface area contributed by atoms with E-state index < -0.39 is 10.0 Å². The maximum absolute atomic E-state index is 13.5. The van der Waals surface area contributed by atoms with E-state index in [0.29, 0.717) is 37.5 Å². The predicted molar refractivity (Wildman–Crippen MR) is 127 cm³/mol. The summed E-state index contributed by atoms with van der Waals surface area (Å²) in [5.74, 6) is -0.190. The lowest BCUT2D eigenvalue weighted by molar-refractivity contribution is 0.0629. The zero-order valence-electron chi connectivity index (χ0n) is 18.3. The van der Waals surface area contributed by atoms with Crippen molar-refractivity contribution in [3.05, 3.63) is 81.8 Å². The van der Waals surface area contributed by atoms with Gasteiger partial charge in [0.2, 0.25) is 10.0 Å². The van der Waals surface area contributed by atoms with Gasteiger partial charge in [0, 0.05) is 58.2 Å². The first kappa shape index (κ1) is 22.2. The summed E-state index contributed by atoms with van der Waals surface area (Å²) in [5, 5.41) is 1.71. The molecule has 1 saturated heterocycles. The van der Waals surface area contributed by atoms with E-state index in [2.05, 4.69) is 9.88 Å². The van der Waals surface area contributed by atoms with Crippen LogP contribution in [0.2, 0.25) is 0 Å². The first-order chi connectivity index (χ1) is 16.0. The Balaban J connectivity index is 1.27. The molecule has 0 saturated carbocycles. The summed E-state index contributed by atoms with van der Waals surface area (Å²) in [6.07, 6.45) is 4.26. The summed E-state index contributed by atoms with van der Waals surface area (Å²) >= 11 is 1.21. The van der Waals surface area contributed by atoms with Gasteiger partial charge in [-0.15, -0.1) is 11.3 Å². The largest absolute Gasteiger partial charge is 0.335 e. The van der Waals surface area contributed by atoms with Gasteiger partial charge < -0.3 is 4.90 Å². The number of fused-ring (bicyclic) bond motifs is 1. The van der Waals surface area contributed by atoms with E-state index in [4.69, 9.17) is 0 Å². The number of hydrogen-bond acceptors (Lipinski definition) is 6. The fourth-order valence-electron chi connectivity index (χ4n) is 4.47. The average Bonchev–Trinajstić information content (AvgIpc) is 3.35. The smallest absolute Gasteiger partial charge is 0.265 e. The van der Waals surface area contributed by atoms with E-state index in [1.807, 2.05) is 36.4 Å². The Morgan fingerprint density at radius 2 is 1.67 bits per heavy atom. The van der Waals surface area contributed by atoms with Crippen LogP contribution in [-0.2, 0) is 29.5 Å². The van der Waals surface area contributed by atoms with Crippen LogP contribution >= 0.6 is 11.3 Å². The second kappa shape index (κ2) is 9.34. The van der Waals surface area contributed by atoms with Crippen molar-refractivity contribution in [2.75, 3.05) is 32.7 Å². The molecule has 0 atom stereocenters. The zero-order valence-corrected chi connectivity index (χ0v) is 19.9. The number of carbonyl (C=O) groups excluding carboxylic acids is 1.